The van der Waals surface area contributed by atoms with E-state index in [4.69, 9.17) is 9.47 Å². The summed E-state index contributed by atoms with van der Waals surface area (Å²) < 4.78 is 10.5. The summed E-state index contributed by atoms with van der Waals surface area (Å²) >= 11 is 0. The van der Waals surface area contributed by atoms with Crippen molar-refractivity contribution >= 4 is 17.4 Å². The molecule has 7 nitrogen and oxygen atoms in total. The molecule has 0 spiro atoms. The Morgan fingerprint density at radius 2 is 1.95 bits per heavy atom. The Hall–Kier alpha value is -2.83. The fourth-order valence-electron chi connectivity index (χ4n) is 2.14. The lowest BCUT2D eigenvalue weighted by Crippen LogP contribution is -2.15. The van der Waals surface area contributed by atoms with Gasteiger partial charge in [-0.05, 0) is 37.1 Å². The van der Waals surface area contributed by atoms with Crippen LogP contribution in [0.4, 0.5) is 11.5 Å². The number of carbonyl (C=O) groups is 1. The molecule has 1 fully saturated rings. The lowest BCUT2D eigenvalue weighted by Gasteiger charge is -2.06. The number of anilines is 2. The van der Waals surface area contributed by atoms with Crippen molar-refractivity contribution in [1.82, 2.24) is 10.2 Å². The lowest BCUT2D eigenvalue weighted by atomic mass is 10.2. The van der Waals surface area contributed by atoms with Crippen LogP contribution >= 0.6 is 0 Å². The Balaban J connectivity index is 1.44. The van der Waals surface area contributed by atoms with Crippen LogP contribution in [0.3, 0.4) is 0 Å². The second-order valence-electron chi connectivity index (χ2n) is 5.24. The van der Waals surface area contributed by atoms with Crippen LogP contribution in [0.25, 0.3) is 0 Å². The largest absolute Gasteiger partial charge is 0.454 e. The number of ether oxygens (including phenoxy) is 2. The van der Waals surface area contributed by atoms with E-state index in [9.17, 15) is 4.79 Å². The van der Waals surface area contributed by atoms with E-state index in [1.807, 2.05) is 0 Å². The van der Waals surface area contributed by atoms with E-state index in [0.29, 0.717) is 29.0 Å². The van der Waals surface area contributed by atoms with Gasteiger partial charge in [0.2, 0.25) is 6.79 Å². The molecule has 22 heavy (non-hydrogen) atoms. The van der Waals surface area contributed by atoms with Crippen LogP contribution in [0.2, 0.25) is 0 Å². The van der Waals surface area contributed by atoms with Crippen LogP contribution in [0.1, 0.15) is 23.3 Å². The zero-order valence-electron chi connectivity index (χ0n) is 11.7. The molecule has 7 heteroatoms. The molecule has 1 amide bonds. The number of nitrogens with one attached hydrogen (secondary N) is 2. The van der Waals surface area contributed by atoms with Crippen LogP contribution in [0.15, 0.2) is 30.3 Å². The molecular formula is C15H14N4O3. The Labute approximate surface area is 126 Å². The van der Waals surface area contributed by atoms with Gasteiger partial charge < -0.3 is 20.1 Å². The molecule has 0 atom stereocenters. The number of hydrogen-bond donors (Lipinski definition) is 2. The van der Waals surface area contributed by atoms with Gasteiger partial charge in [-0.3, -0.25) is 4.79 Å². The van der Waals surface area contributed by atoms with E-state index in [0.717, 1.165) is 12.8 Å². The maximum absolute atomic E-state index is 12.2. The minimum absolute atomic E-state index is 0.202. The summed E-state index contributed by atoms with van der Waals surface area (Å²) in [5, 5.41) is 13.9. The molecule has 1 saturated carbocycles. The van der Waals surface area contributed by atoms with Crippen LogP contribution < -0.4 is 20.1 Å². The van der Waals surface area contributed by atoms with Gasteiger partial charge in [0.1, 0.15) is 5.82 Å². The SMILES string of the molecule is O=C(Nc1ccc2c(c1)OCO2)c1ccc(NC2CC2)nn1. The Kier molecular flexibility index (Phi) is 3.03. The van der Waals surface area contributed by atoms with Crippen LogP contribution in [-0.4, -0.2) is 28.9 Å². The molecule has 0 radical (unpaired) electrons. The van der Waals surface area contributed by atoms with Gasteiger partial charge in [0, 0.05) is 17.8 Å². The quantitative estimate of drug-likeness (QED) is 0.898. The number of amides is 1. The second kappa shape index (κ2) is 5.18. The van der Waals surface area contributed by atoms with Crippen molar-refractivity contribution in [2.24, 2.45) is 0 Å². The summed E-state index contributed by atoms with van der Waals surface area (Å²) in [6, 6.07) is 9.15. The van der Waals surface area contributed by atoms with E-state index in [1.165, 1.54) is 0 Å². The molecule has 0 unspecified atom stereocenters. The predicted octanol–water partition coefficient (Wildman–Crippen LogP) is 2.03. The first-order valence-corrected chi connectivity index (χ1v) is 7.09. The molecule has 2 N–H and O–H groups in total. The molecule has 1 aromatic carbocycles. The van der Waals surface area contributed by atoms with Gasteiger partial charge in [0.15, 0.2) is 17.2 Å². The summed E-state index contributed by atoms with van der Waals surface area (Å²) in [7, 11) is 0. The highest BCUT2D eigenvalue weighted by atomic mass is 16.7. The van der Waals surface area contributed by atoms with Gasteiger partial charge in [-0.1, -0.05) is 0 Å². The molecule has 1 aliphatic carbocycles. The van der Waals surface area contributed by atoms with Gasteiger partial charge in [-0.25, -0.2) is 0 Å². The first-order chi connectivity index (χ1) is 10.8. The van der Waals surface area contributed by atoms with Crippen LogP contribution in [-0.2, 0) is 0 Å². The van der Waals surface area contributed by atoms with Crippen molar-refractivity contribution in [3.8, 4) is 11.5 Å². The van der Waals surface area contributed by atoms with Crippen LogP contribution in [0.5, 0.6) is 11.5 Å². The molecule has 1 aliphatic heterocycles. The molecular weight excluding hydrogens is 284 g/mol. The number of nitrogens with zero attached hydrogens (tertiary/aromatic N) is 2. The highest BCUT2D eigenvalue weighted by Crippen LogP contribution is 2.34. The molecule has 0 saturated heterocycles. The maximum Gasteiger partial charge on any atom is 0.276 e. The zero-order valence-corrected chi connectivity index (χ0v) is 11.7. The number of fused-ring (bicyclic) bond motifs is 1. The van der Waals surface area contributed by atoms with E-state index in [2.05, 4.69) is 20.8 Å². The summed E-state index contributed by atoms with van der Waals surface area (Å²) in [6.45, 7) is 0.202. The average Bonchev–Trinajstić information content (AvgIpc) is 3.22. The summed E-state index contributed by atoms with van der Waals surface area (Å²) in [6.07, 6.45) is 2.32. The highest BCUT2D eigenvalue weighted by molar-refractivity contribution is 6.02. The van der Waals surface area contributed by atoms with Gasteiger partial charge in [-0.2, -0.15) is 0 Å². The second-order valence-corrected chi connectivity index (χ2v) is 5.24. The third kappa shape index (κ3) is 2.65. The molecule has 1 aromatic heterocycles. The Morgan fingerprint density at radius 1 is 1.09 bits per heavy atom. The van der Waals surface area contributed by atoms with Crippen molar-refractivity contribution in [2.45, 2.75) is 18.9 Å². The zero-order chi connectivity index (χ0) is 14.9. The fraction of sp³-hybridized carbons (Fsp3) is 0.267. The average molecular weight is 298 g/mol. The minimum atomic E-state index is -0.315. The molecule has 2 heterocycles. The molecule has 2 aromatic rings. The Bertz CT molecular complexity index is 713. The van der Waals surface area contributed by atoms with Gasteiger partial charge in [-0.15, -0.1) is 10.2 Å². The first-order valence-electron chi connectivity index (χ1n) is 7.09. The van der Waals surface area contributed by atoms with Gasteiger partial charge >= 0.3 is 0 Å². The molecule has 2 aliphatic rings. The molecule has 4 rings (SSSR count). The van der Waals surface area contributed by atoms with Crippen molar-refractivity contribution in [2.75, 3.05) is 17.4 Å². The topological polar surface area (TPSA) is 85.4 Å². The maximum atomic E-state index is 12.2. The van der Waals surface area contributed by atoms with Crippen molar-refractivity contribution < 1.29 is 14.3 Å². The minimum Gasteiger partial charge on any atom is -0.454 e. The summed E-state index contributed by atoms with van der Waals surface area (Å²) in [5.74, 6) is 1.67. The Morgan fingerprint density at radius 3 is 2.73 bits per heavy atom. The monoisotopic (exact) mass is 298 g/mol. The number of hydrogen-bond acceptors (Lipinski definition) is 6. The van der Waals surface area contributed by atoms with Crippen LogP contribution in [0, 0.1) is 0 Å². The predicted molar refractivity (Wildman–Crippen MR) is 79.2 cm³/mol. The highest BCUT2D eigenvalue weighted by Gasteiger charge is 2.21. The standard InChI is InChI=1S/C15H14N4O3/c20-15(11-4-6-14(19-18-11)16-9-1-2-9)17-10-3-5-12-13(7-10)22-8-21-12/h3-7,9H,1-2,8H2,(H,16,19)(H,17,20). The van der Waals surface area contributed by atoms with Crippen molar-refractivity contribution in [1.29, 1.82) is 0 Å². The fourth-order valence-corrected chi connectivity index (χ4v) is 2.14. The normalized spacial score (nSPS) is 15.5. The number of carbonyl (C=O) groups excluding carboxylic acids is 1. The summed E-state index contributed by atoms with van der Waals surface area (Å²) in [5.41, 5.74) is 0.884. The lowest BCUT2D eigenvalue weighted by molar-refractivity contribution is 0.102. The third-order valence-corrected chi connectivity index (χ3v) is 3.46. The van der Waals surface area contributed by atoms with Crippen molar-refractivity contribution in [3.05, 3.63) is 36.0 Å². The molecule has 112 valence electrons. The van der Waals surface area contributed by atoms with E-state index in [1.54, 1.807) is 30.3 Å². The number of rotatable bonds is 4. The van der Waals surface area contributed by atoms with E-state index >= 15 is 0 Å². The first kappa shape index (κ1) is 12.9. The third-order valence-electron chi connectivity index (χ3n) is 3.46. The smallest absolute Gasteiger partial charge is 0.276 e. The van der Waals surface area contributed by atoms with Gasteiger partial charge in [0.25, 0.3) is 5.91 Å². The van der Waals surface area contributed by atoms with Crippen molar-refractivity contribution in [3.63, 3.8) is 0 Å². The number of aromatic nitrogens is 2. The van der Waals surface area contributed by atoms with E-state index in [-0.39, 0.29) is 18.4 Å². The molecule has 0 bridgehead atoms. The summed E-state index contributed by atoms with van der Waals surface area (Å²) in [4.78, 5) is 12.2. The number of benzene rings is 1. The van der Waals surface area contributed by atoms with Gasteiger partial charge in [0.05, 0.1) is 0 Å². The van der Waals surface area contributed by atoms with E-state index < -0.39 is 0 Å².